The summed E-state index contributed by atoms with van der Waals surface area (Å²) < 4.78 is 0. The van der Waals surface area contributed by atoms with Crippen LogP contribution in [0.2, 0.25) is 0 Å². The minimum Gasteiger partial charge on any atom is -0.103 e. The van der Waals surface area contributed by atoms with Crippen LogP contribution in [0.25, 0.3) is 0 Å². The Balaban J connectivity index is 3.60. The third-order valence-electron chi connectivity index (χ3n) is 0.869. The quantitative estimate of drug-likeness (QED) is 0.385. The van der Waals surface area contributed by atoms with Gasteiger partial charge in [-0.3, -0.25) is 0 Å². The van der Waals surface area contributed by atoms with Gasteiger partial charge in [0.15, 0.2) is 0 Å². The average Bonchev–Trinajstić information content (AvgIpc) is 1.68. The van der Waals surface area contributed by atoms with Crippen LogP contribution in [0.4, 0.5) is 0 Å². The Morgan fingerprint density at radius 2 is 2.12 bits per heavy atom. The minimum absolute atomic E-state index is 0.964. The van der Waals surface area contributed by atoms with E-state index in [2.05, 4.69) is 20.1 Å². The van der Waals surface area contributed by atoms with E-state index in [0.717, 1.165) is 6.42 Å². The van der Waals surface area contributed by atoms with E-state index >= 15 is 0 Å². The van der Waals surface area contributed by atoms with Crippen molar-refractivity contribution in [1.82, 2.24) is 0 Å². The standard InChI is InChI=1S/C8H12/c1-4-6-8(3)7-5-2/h4-6H,1-2,7H2,3H3. The summed E-state index contributed by atoms with van der Waals surface area (Å²) in [4.78, 5) is 0. The molecule has 0 bridgehead atoms. The summed E-state index contributed by atoms with van der Waals surface area (Å²) in [6, 6.07) is 0. The lowest BCUT2D eigenvalue weighted by Crippen LogP contribution is -1.67. The van der Waals surface area contributed by atoms with Gasteiger partial charge in [-0.2, -0.15) is 0 Å². The van der Waals surface area contributed by atoms with Crippen molar-refractivity contribution in [2.75, 3.05) is 0 Å². The molecule has 0 saturated carbocycles. The van der Waals surface area contributed by atoms with E-state index in [1.165, 1.54) is 5.57 Å². The monoisotopic (exact) mass is 108 g/mol. The molecule has 0 aromatic rings. The van der Waals surface area contributed by atoms with Crippen LogP contribution in [0.15, 0.2) is 37.0 Å². The van der Waals surface area contributed by atoms with Gasteiger partial charge >= 0.3 is 0 Å². The van der Waals surface area contributed by atoms with Crippen molar-refractivity contribution in [3.8, 4) is 0 Å². The molecule has 0 N–H and O–H groups in total. The number of allylic oxidation sites excluding steroid dienone is 4. The third-order valence-corrected chi connectivity index (χ3v) is 0.869. The Morgan fingerprint density at radius 3 is 2.50 bits per heavy atom. The summed E-state index contributed by atoms with van der Waals surface area (Å²) in [7, 11) is 0. The molecular formula is C8H12. The maximum absolute atomic E-state index is 3.61. The van der Waals surface area contributed by atoms with Crippen molar-refractivity contribution in [2.24, 2.45) is 0 Å². The van der Waals surface area contributed by atoms with Crippen LogP contribution in [0.1, 0.15) is 13.3 Å². The van der Waals surface area contributed by atoms with Gasteiger partial charge < -0.3 is 0 Å². The Kier molecular flexibility index (Phi) is 3.95. The Labute approximate surface area is 51.2 Å². The predicted octanol–water partition coefficient (Wildman–Crippen LogP) is 2.69. The first-order valence-corrected chi connectivity index (χ1v) is 2.70. The molecule has 0 aliphatic rings. The van der Waals surface area contributed by atoms with Crippen LogP contribution >= 0.6 is 0 Å². The summed E-state index contributed by atoms with van der Waals surface area (Å²) in [5.74, 6) is 0. The Bertz CT molecular complexity index is 107. The maximum atomic E-state index is 3.61. The first-order valence-electron chi connectivity index (χ1n) is 2.70. The minimum atomic E-state index is 0.964. The van der Waals surface area contributed by atoms with Crippen LogP contribution < -0.4 is 0 Å². The highest BCUT2D eigenvalue weighted by molar-refractivity contribution is 5.10. The summed E-state index contributed by atoms with van der Waals surface area (Å²) in [6.45, 7) is 9.24. The fourth-order valence-electron chi connectivity index (χ4n) is 0.497. The molecule has 0 spiro atoms. The average molecular weight is 108 g/mol. The molecule has 0 aliphatic carbocycles. The second-order valence-electron chi connectivity index (χ2n) is 1.74. The van der Waals surface area contributed by atoms with E-state index in [4.69, 9.17) is 0 Å². The smallest absolute Gasteiger partial charge is 0.0141 e. The molecule has 0 heterocycles. The van der Waals surface area contributed by atoms with Gasteiger partial charge in [0.1, 0.15) is 0 Å². The van der Waals surface area contributed by atoms with Gasteiger partial charge in [0, 0.05) is 0 Å². The highest BCUT2D eigenvalue weighted by Gasteiger charge is 1.77. The largest absolute Gasteiger partial charge is 0.103 e. The summed E-state index contributed by atoms with van der Waals surface area (Å²) in [6.07, 6.45) is 6.63. The van der Waals surface area contributed by atoms with E-state index in [0.29, 0.717) is 0 Å². The molecule has 0 radical (unpaired) electrons. The highest BCUT2D eigenvalue weighted by atomic mass is 13.8. The number of rotatable bonds is 3. The van der Waals surface area contributed by atoms with Gasteiger partial charge in [0.2, 0.25) is 0 Å². The van der Waals surface area contributed by atoms with E-state index in [1.54, 1.807) is 6.08 Å². The Morgan fingerprint density at radius 1 is 1.50 bits per heavy atom. The molecule has 0 fully saturated rings. The van der Waals surface area contributed by atoms with E-state index in [-0.39, 0.29) is 0 Å². The third kappa shape index (κ3) is 3.41. The molecule has 0 saturated heterocycles. The van der Waals surface area contributed by atoms with Crippen LogP contribution in [0, 0.1) is 0 Å². The lowest BCUT2D eigenvalue weighted by molar-refractivity contribution is 1.22. The second-order valence-corrected chi connectivity index (χ2v) is 1.74. The zero-order chi connectivity index (χ0) is 6.41. The van der Waals surface area contributed by atoms with Crippen molar-refractivity contribution in [3.05, 3.63) is 37.0 Å². The molecule has 8 heavy (non-hydrogen) atoms. The van der Waals surface area contributed by atoms with Gasteiger partial charge in [0.25, 0.3) is 0 Å². The molecule has 44 valence electrons. The van der Waals surface area contributed by atoms with Crippen molar-refractivity contribution < 1.29 is 0 Å². The first kappa shape index (κ1) is 7.22. The SMILES string of the molecule is C=CC=C(C)CC=C. The number of hydrogen-bond acceptors (Lipinski definition) is 0. The normalized spacial score (nSPS) is 10.9. The van der Waals surface area contributed by atoms with E-state index < -0.39 is 0 Å². The molecule has 0 aliphatic heterocycles. The molecule has 0 unspecified atom stereocenters. The van der Waals surface area contributed by atoms with Crippen LogP contribution in [-0.2, 0) is 0 Å². The van der Waals surface area contributed by atoms with Crippen LogP contribution in [0.5, 0.6) is 0 Å². The van der Waals surface area contributed by atoms with Gasteiger partial charge in [0.05, 0.1) is 0 Å². The topological polar surface area (TPSA) is 0 Å². The molecule has 0 aromatic heterocycles. The summed E-state index contributed by atoms with van der Waals surface area (Å²) in [5.41, 5.74) is 1.30. The molecule has 0 heteroatoms. The van der Waals surface area contributed by atoms with Gasteiger partial charge in [-0.15, -0.1) is 6.58 Å². The zero-order valence-corrected chi connectivity index (χ0v) is 5.35. The van der Waals surface area contributed by atoms with Crippen molar-refractivity contribution in [1.29, 1.82) is 0 Å². The lowest BCUT2D eigenvalue weighted by atomic mass is 10.2. The van der Waals surface area contributed by atoms with Crippen molar-refractivity contribution >= 4 is 0 Å². The molecule has 0 nitrogen and oxygen atoms in total. The van der Waals surface area contributed by atoms with Gasteiger partial charge in [-0.1, -0.05) is 30.4 Å². The van der Waals surface area contributed by atoms with Crippen molar-refractivity contribution in [3.63, 3.8) is 0 Å². The fraction of sp³-hybridized carbons (Fsp3) is 0.250. The lowest BCUT2D eigenvalue weighted by Gasteiger charge is -1.88. The fourth-order valence-corrected chi connectivity index (χ4v) is 0.497. The molecule has 0 amide bonds. The summed E-state index contributed by atoms with van der Waals surface area (Å²) in [5, 5.41) is 0. The highest BCUT2D eigenvalue weighted by Crippen LogP contribution is 1.98. The van der Waals surface area contributed by atoms with E-state index in [1.807, 2.05) is 12.2 Å². The molecular weight excluding hydrogens is 96.1 g/mol. The second kappa shape index (κ2) is 4.38. The van der Waals surface area contributed by atoms with Crippen molar-refractivity contribution in [2.45, 2.75) is 13.3 Å². The van der Waals surface area contributed by atoms with E-state index in [9.17, 15) is 0 Å². The van der Waals surface area contributed by atoms with Gasteiger partial charge in [-0.05, 0) is 13.3 Å². The van der Waals surface area contributed by atoms with Crippen LogP contribution in [-0.4, -0.2) is 0 Å². The maximum Gasteiger partial charge on any atom is -0.0141 e. The first-order chi connectivity index (χ1) is 3.81. The van der Waals surface area contributed by atoms with Crippen LogP contribution in [0.3, 0.4) is 0 Å². The zero-order valence-electron chi connectivity index (χ0n) is 5.35. The Hall–Kier alpha value is -0.780. The summed E-state index contributed by atoms with van der Waals surface area (Å²) >= 11 is 0. The molecule has 0 atom stereocenters. The molecule has 0 rings (SSSR count). The molecule has 0 aromatic carbocycles. The predicted molar refractivity (Wildman–Crippen MR) is 38.8 cm³/mol. The number of hydrogen-bond donors (Lipinski definition) is 0. The van der Waals surface area contributed by atoms with Gasteiger partial charge in [-0.25, -0.2) is 0 Å².